The number of carbonyl (C=O) groups is 1. The Kier molecular flexibility index (Phi) is 5.61. The Bertz CT molecular complexity index is 1050. The molecule has 3 heterocycles. The van der Waals surface area contributed by atoms with Crippen molar-refractivity contribution in [2.24, 2.45) is 5.92 Å². The number of anilines is 1. The predicted molar refractivity (Wildman–Crippen MR) is 123 cm³/mol. The summed E-state index contributed by atoms with van der Waals surface area (Å²) in [6.07, 6.45) is 7.19. The van der Waals surface area contributed by atoms with Crippen LogP contribution in [0.15, 0.2) is 29.6 Å². The number of imidazole rings is 1. The highest BCUT2D eigenvalue weighted by molar-refractivity contribution is 7.10. The van der Waals surface area contributed by atoms with Gasteiger partial charge in [-0.2, -0.15) is 0 Å². The predicted octanol–water partition coefficient (Wildman–Crippen LogP) is 4.96. The Hall–Kier alpha value is -2.18. The summed E-state index contributed by atoms with van der Waals surface area (Å²) in [5.74, 6) is 1.37. The molecular formula is C24H30N4OS. The Balaban J connectivity index is 1.39. The highest BCUT2D eigenvalue weighted by atomic mass is 32.1. The SMILES string of the molecule is CC1CCc2c(C(=O)Nc3nc4ccccc4n3CCN3CCCCC3)csc2C1. The fourth-order valence-corrected chi connectivity index (χ4v) is 6.10. The lowest BCUT2D eigenvalue weighted by atomic mass is 9.88. The third-order valence-electron chi connectivity index (χ3n) is 6.61. The minimum Gasteiger partial charge on any atom is -0.309 e. The Morgan fingerprint density at radius 2 is 2.03 bits per heavy atom. The fourth-order valence-electron chi connectivity index (χ4n) is 4.86. The van der Waals surface area contributed by atoms with Crippen molar-refractivity contribution in [1.29, 1.82) is 0 Å². The van der Waals surface area contributed by atoms with Gasteiger partial charge in [-0.15, -0.1) is 11.3 Å². The molecule has 0 radical (unpaired) electrons. The van der Waals surface area contributed by atoms with Crippen LogP contribution in [0.3, 0.4) is 0 Å². The lowest BCUT2D eigenvalue weighted by Crippen LogP contribution is -2.32. The van der Waals surface area contributed by atoms with Crippen LogP contribution in [0, 0.1) is 5.92 Å². The fraction of sp³-hybridized carbons (Fsp3) is 0.500. The summed E-state index contributed by atoms with van der Waals surface area (Å²) >= 11 is 1.74. The zero-order valence-electron chi connectivity index (χ0n) is 17.7. The summed E-state index contributed by atoms with van der Waals surface area (Å²) in [7, 11) is 0. The number of amides is 1. The summed E-state index contributed by atoms with van der Waals surface area (Å²) in [6, 6.07) is 8.17. The molecule has 5 nitrogen and oxygen atoms in total. The number of likely N-dealkylation sites (tertiary alicyclic amines) is 1. The molecule has 1 aliphatic heterocycles. The van der Waals surface area contributed by atoms with Gasteiger partial charge in [0.1, 0.15) is 0 Å². The largest absolute Gasteiger partial charge is 0.309 e. The molecule has 158 valence electrons. The van der Waals surface area contributed by atoms with Crippen molar-refractivity contribution < 1.29 is 4.79 Å². The summed E-state index contributed by atoms with van der Waals surface area (Å²) in [5, 5.41) is 5.19. The maximum absolute atomic E-state index is 13.2. The van der Waals surface area contributed by atoms with Crippen LogP contribution in [-0.4, -0.2) is 40.0 Å². The van der Waals surface area contributed by atoms with Gasteiger partial charge in [0.25, 0.3) is 5.91 Å². The first kappa shape index (κ1) is 19.8. The van der Waals surface area contributed by atoms with Gasteiger partial charge >= 0.3 is 0 Å². The van der Waals surface area contributed by atoms with E-state index >= 15 is 0 Å². The maximum atomic E-state index is 13.2. The van der Waals surface area contributed by atoms with Gasteiger partial charge in [0.15, 0.2) is 0 Å². The molecule has 1 amide bonds. The van der Waals surface area contributed by atoms with Crippen molar-refractivity contribution in [3.63, 3.8) is 0 Å². The van der Waals surface area contributed by atoms with E-state index in [9.17, 15) is 4.79 Å². The maximum Gasteiger partial charge on any atom is 0.259 e. The highest BCUT2D eigenvalue weighted by Gasteiger charge is 2.24. The number of carbonyl (C=O) groups excluding carboxylic acids is 1. The minimum absolute atomic E-state index is 0.0171. The molecule has 6 heteroatoms. The first-order valence-corrected chi connectivity index (χ1v) is 12.1. The quantitative estimate of drug-likeness (QED) is 0.632. The van der Waals surface area contributed by atoms with E-state index in [1.165, 1.54) is 49.2 Å². The lowest BCUT2D eigenvalue weighted by Gasteiger charge is -2.26. The van der Waals surface area contributed by atoms with Crippen molar-refractivity contribution in [2.45, 2.75) is 52.0 Å². The first-order valence-electron chi connectivity index (χ1n) is 11.3. The van der Waals surface area contributed by atoms with Gasteiger partial charge in [-0.25, -0.2) is 4.98 Å². The average molecular weight is 423 g/mol. The van der Waals surface area contributed by atoms with E-state index in [2.05, 4.69) is 27.8 Å². The molecule has 1 aliphatic carbocycles. The zero-order chi connectivity index (χ0) is 20.5. The number of benzene rings is 1. The summed E-state index contributed by atoms with van der Waals surface area (Å²) < 4.78 is 2.18. The molecule has 1 atom stereocenters. The number of hydrogen-bond acceptors (Lipinski definition) is 4. The topological polar surface area (TPSA) is 50.2 Å². The second kappa shape index (κ2) is 8.52. The molecule has 1 fully saturated rings. The van der Waals surface area contributed by atoms with E-state index in [1.54, 1.807) is 11.3 Å². The highest BCUT2D eigenvalue weighted by Crippen LogP contribution is 2.33. The van der Waals surface area contributed by atoms with E-state index in [1.807, 2.05) is 23.6 Å². The van der Waals surface area contributed by atoms with Gasteiger partial charge in [-0.1, -0.05) is 25.5 Å². The van der Waals surface area contributed by atoms with Crippen LogP contribution < -0.4 is 5.32 Å². The minimum atomic E-state index is -0.0171. The molecule has 2 aromatic heterocycles. The molecule has 2 aliphatic rings. The number of fused-ring (bicyclic) bond motifs is 2. The molecular weight excluding hydrogens is 392 g/mol. The van der Waals surface area contributed by atoms with E-state index in [4.69, 9.17) is 4.98 Å². The van der Waals surface area contributed by atoms with Crippen LogP contribution in [0.4, 0.5) is 5.95 Å². The van der Waals surface area contributed by atoms with E-state index in [-0.39, 0.29) is 5.91 Å². The van der Waals surface area contributed by atoms with Gasteiger partial charge in [-0.05, 0) is 68.8 Å². The number of aromatic nitrogens is 2. The van der Waals surface area contributed by atoms with Gasteiger partial charge in [-0.3, -0.25) is 10.1 Å². The zero-order valence-corrected chi connectivity index (χ0v) is 18.5. The van der Waals surface area contributed by atoms with Crippen molar-refractivity contribution >= 4 is 34.2 Å². The molecule has 1 aromatic carbocycles. The number of hydrogen-bond donors (Lipinski definition) is 1. The second-order valence-corrected chi connectivity index (χ2v) is 9.80. The number of rotatable bonds is 5. The number of nitrogens with zero attached hydrogens (tertiary/aromatic N) is 3. The van der Waals surface area contributed by atoms with E-state index in [0.29, 0.717) is 11.9 Å². The smallest absolute Gasteiger partial charge is 0.259 e. The van der Waals surface area contributed by atoms with Crippen LogP contribution >= 0.6 is 11.3 Å². The van der Waals surface area contributed by atoms with Crippen LogP contribution in [-0.2, 0) is 19.4 Å². The normalized spacial score (nSPS) is 19.7. The second-order valence-electron chi connectivity index (χ2n) is 8.83. The molecule has 5 rings (SSSR count). The standard InChI is InChI=1S/C24H30N4OS/c1-17-9-10-18-19(16-30-22(18)15-17)23(29)26-24-25-20-7-3-4-8-21(20)28(24)14-13-27-11-5-2-6-12-27/h3-4,7-8,16-17H,2,5-6,9-15H2,1H3,(H,25,26,29). The summed E-state index contributed by atoms with van der Waals surface area (Å²) in [5.41, 5.74) is 4.13. The molecule has 1 N–H and O–H groups in total. The molecule has 0 saturated carbocycles. The molecule has 1 saturated heterocycles. The average Bonchev–Trinajstić information content (AvgIpc) is 3.33. The Morgan fingerprint density at radius 1 is 1.20 bits per heavy atom. The van der Waals surface area contributed by atoms with Gasteiger partial charge in [0.2, 0.25) is 5.95 Å². The number of piperidine rings is 1. The van der Waals surface area contributed by atoms with Gasteiger partial charge < -0.3 is 9.47 Å². The third-order valence-corrected chi connectivity index (χ3v) is 7.67. The van der Waals surface area contributed by atoms with Crippen molar-refractivity contribution in [3.05, 3.63) is 45.6 Å². The van der Waals surface area contributed by atoms with Crippen LogP contribution in [0.5, 0.6) is 0 Å². The number of nitrogens with one attached hydrogen (secondary N) is 1. The molecule has 0 bridgehead atoms. The van der Waals surface area contributed by atoms with Crippen LogP contribution in [0.25, 0.3) is 11.0 Å². The van der Waals surface area contributed by atoms with E-state index in [0.717, 1.165) is 42.5 Å². The summed E-state index contributed by atoms with van der Waals surface area (Å²) in [6.45, 7) is 6.49. The molecule has 30 heavy (non-hydrogen) atoms. The Labute approximate surface area is 182 Å². The monoisotopic (exact) mass is 422 g/mol. The van der Waals surface area contributed by atoms with Gasteiger partial charge in [0, 0.05) is 23.3 Å². The van der Waals surface area contributed by atoms with Crippen LogP contribution in [0.1, 0.15) is 53.4 Å². The van der Waals surface area contributed by atoms with Crippen LogP contribution in [0.2, 0.25) is 0 Å². The lowest BCUT2D eigenvalue weighted by molar-refractivity contribution is 0.102. The molecule has 1 unspecified atom stereocenters. The molecule has 3 aromatic rings. The van der Waals surface area contributed by atoms with Crippen molar-refractivity contribution in [1.82, 2.24) is 14.5 Å². The summed E-state index contributed by atoms with van der Waals surface area (Å²) in [4.78, 5) is 21.9. The van der Waals surface area contributed by atoms with Crippen molar-refractivity contribution in [3.8, 4) is 0 Å². The molecule has 0 spiro atoms. The van der Waals surface area contributed by atoms with Crippen molar-refractivity contribution in [2.75, 3.05) is 25.0 Å². The third kappa shape index (κ3) is 3.91. The number of thiophene rings is 1. The Morgan fingerprint density at radius 3 is 2.90 bits per heavy atom. The number of para-hydroxylation sites is 2. The first-order chi connectivity index (χ1) is 14.7. The van der Waals surface area contributed by atoms with Gasteiger partial charge in [0.05, 0.1) is 16.6 Å². The van der Waals surface area contributed by atoms with E-state index < -0.39 is 0 Å².